The number of hydrogen-bond acceptors (Lipinski definition) is 4. The second-order valence-corrected chi connectivity index (χ2v) is 3.67. The predicted octanol–water partition coefficient (Wildman–Crippen LogP) is 2.85. The molecule has 0 saturated heterocycles. The Labute approximate surface area is 104 Å². The van der Waals surface area contributed by atoms with Crippen molar-refractivity contribution in [3.05, 3.63) is 64.2 Å². The van der Waals surface area contributed by atoms with Gasteiger partial charge in [-0.05, 0) is 23.8 Å². The summed E-state index contributed by atoms with van der Waals surface area (Å²) < 4.78 is 5.49. The molecule has 0 atom stereocenters. The highest BCUT2D eigenvalue weighted by atomic mass is 16.6. The Hall–Kier alpha value is -2.40. The Balaban J connectivity index is 2.25. The third-order valence-electron chi connectivity index (χ3n) is 2.45. The topological polar surface area (TPSA) is 78.4 Å². The molecule has 2 N–H and O–H groups in total. The number of nitrogens with two attached hydrogens (primary N) is 1. The van der Waals surface area contributed by atoms with Gasteiger partial charge in [0, 0.05) is 12.6 Å². The van der Waals surface area contributed by atoms with Crippen molar-refractivity contribution in [2.45, 2.75) is 6.54 Å². The van der Waals surface area contributed by atoms with Crippen LogP contribution in [0.25, 0.3) is 0 Å². The van der Waals surface area contributed by atoms with E-state index in [9.17, 15) is 10.1 Å². The van der Waals surface area contributed by atoms with Gasteiger partial charge in [0.25, 0.3) is 0 Å². The van der Waals surface area contributed by atoms with Crippen molar-refractivity contribution in [3.63, 3.8) is 0 Å². The molecule has 0 fully saturated rings. The highest BCUT2D eigenvalue weighted by Crippen LogP contribution is 2.30. The van der Waals surface area contributed by atoms with Crippen LogP contribution in [0.5, 0.6) is 11.5 Å². The summed E-state index contributed by atoms with van der Waals surface area (Å²) in [5.41, 5.74) is 6.41. The van der Waals surface area contributed by atoms with Crippen molar-refractivity contribution in [3.8, 4) is 11.5 Å². The fourth-order valence-corrected chi connectivity index (χ4v) is 1.51. The average Bonchev–Trinajstić information content (AvgIpc) is 2.40. The highest BCUT2D eigenvalue weighted by molar-refractivity contribution is 5.48. The number of ether oxygens (including phenoxy) is 1. The number of rotatable bonds is 4. The van der Waals surface area contributed by atoms with Gasteiger partial charge in [-0.2, -0.15) is 0 Å². The maximum atomic E-state index is 10.8. The molecule has 5 heteroatoms. The zero-order chi connectivity index (χ0) is 13.0. The largest absolute Gasteiger partial charge is 0.450 e. The first-order chi connectivity index (χ1) is 8.70. The molecular weight excluding hydrogens is 232 g/mol. The zero-order valence-corrected chi connectivity index (χ0v) is 9.58. The molecule has 0 spiro atoms. The van der Waals surface area contributed by atoms with Crippen LogP contribution in [-0.4, -0.2) is 4.92 Å². The van der Waals surface area contributed by atoms with Crippen molar-refractivity contribution >= 4 is 5.69 Å². The molecule has 0 radical (unpaired) electrons. The van der Waals surface area contributed by atoms with E-state index >= 15 is 0 Å². The first-order valence-corrected chi connectivity index (χ1v) is 5.41. The lowest BCUT2D eigenvalue weighted by molar-refractivity contribution is -0.385. The number of nitro benzene ring substituents is 1. The molecule has 0 unspecified atom stereocenters. The molecule has 0 aliphatic carbocycles. The van der Waals surface area contributed by atoms with Crippen LogP contribution in [0.2, 0.25) is 0 Å². The summed E-state index contributed by atoms with van der Waals surface area (Å²) >= 11 is 0. The van der Waals surface area contributed by atoms with Crippen LogP contribution < -0.4 is 10.5 Å². The minimum atomic E-state index is -0.469. The molecule has 2 aromatic carbocycles. The van der Waals surface area contributed by atoms with E-state index in [-0.39, 0.29) is 11.4 Å². The molecule has 0 aromatic heterocycles. The van der Waals surface area contributed by atoms with E-state index in [0.717, 1.165) is 5.56 Å². The molecule has 0 saturated carbocycles. The Morgan fingerprint density at radius 3 is 2.39 bits per heavy atom. The van der Waals surface area contributed by atoms with Crippen molar-refractivity contribution < 1.29 is 9.66 Å². The van der Waals surface area contributed by atoms with Gasteiger partial charge >= 0.3 is 5.69 Å². The average molecular weight is 244 g/mol. The minimum Gasteiger partial charge on any atom is -0.450 e. The Bertz CT molecular complexity index is 552. The summed E-state index contributed by atoms with van der Waals surface area (Å²) in [6.45, 7) is 0.450. The van der Waals surface area contributed by atoms with Crippen LogP contribution in [0.4, 0.5) is 5.69 Å². The number of hydrogen-bond donors (Lipinski definition) is 1. The van der Waals surface area contributed by atoms with E-state index in [1.54, 1.807) is 30.3 Å². The van der Waals surface area contributed by atoms with Gasteiger partial charge < -0.3 is 10.5 Å². The maximum absolute atomic E-state index is 10.8. The molecule has 2 aromatic rings. The third-order valence-corrected chi connectivity index (χ3v) is 2.45. The molecule has 2 rings (SSSR count). The fraction of sp³-hybridized carbons (Fsp3) is 0.0769. The van der Waals surface area contributed by atoms with Gasteiger partial charge in [-0.25, -0.2) is 0 Å². The summed E-state index contributed by atoms with van der Waals surface area (Å²) in [6, 6.07) is 13.4. The van der Waals surface area contributed by atoms with Gasteiger partial charge in [0.1, 0.15) is 5.75 Å². The van der Waals surface area contributed by atoms with E-state index in [1.807, 2.05) is 12.1 Å². The molecule has 0 aliphatic heterocycles. The van der Waals surface area contributed by atoms with Gasteiger partial charge in [0.2, 0.25) is 5.75 Å². The van der Waals surface area contributed by atoms with Gasteiger partial charge in [-0.1, -0.05) is 24.3 Å². The monoisotopic (exact) mass is 244 g/mol. The van der Waals surface area contributed by atoms with Crippen LogP contribution in [0.3, 0.4) is 0 Å². The zero-order valence-electron chi connectivity index (χ0n) is 9.58. The van der Waals surface area contributed by atoms with E-state index in [1.165, 1.54) is 6.07 Å². The molecule has 5 nitrogen and oxygen atoms in total. The molecule has 0 heterocycles. The lowest BCUT2D eigenvalue weighted by Crippen LogP contribution is -1.96. The SMILES string of the molecule is NCc1ccc(Oc2ccccc2[N+](=O)[O-])cc1. The van der Waals surface area contributed by atoms with Crippen LogP contribution >= 0.6 is 0 Å². The second kappa shape index (κ2) is 5.29. The summed E-state index contributed by atoms with van der Waals surface area (Å²) in [5, 5.41) is 10.8. The van der Waals surface area contributed by atoms with Crippen LogP contribution in [0, 0.1) is 10.1 Å². The van der Waals surface area contributed by atoms with Crippen molar-refractivity contribution in [2.75, 3.05) is 0 Å². The van der Waals surface area contributed by atoms with Crippen molar-refractivity contribution in [1.29, 1.82) is 0 Å². The lowest BCUT2D eigenvalue weighted by atomic mass is 10.2. The quantitative estimate of drug-likeness (QED) is 0.662. The second-order valence-electron chi connectivity index (χ2n) is 3.67. The molecule has 0 amide bonds. The minimum absolute atomic E-state index is 0.0552. The lowest BCUT2D eigenvalue weighted by Gasteiger charge is -2.06. The summed E-state index contributed by atoms with van der Waals surface area (Å²) in [6.07, 6.45) is 0. The molecule has 0 aliphatic rings. The summed E-state index contributed by atoms with van der Waals surface area (Å²) in [4.78, 5) is 10.4. The molecule has 92 valence electrons. The normalized spacial score (nSPS) is 10.1. The number of nitro groups is 1. The smallest absolute Gasteiger partial charge is 0.311 e. The Morgan fingerprint density at radius 1 is 1.11 bits per heavy atom. The van der Waals surface area contributed by atoms with Crippen LogP contribution in [-0.2, 0) is 6.54 Å². The van der Waals surface area contributed by atoms with E-state index in [0.29, 0.717) is 12.3 Å². The Morgan fingerprint density at radius 2 is 1.78 bits per heavy atom. The van der Waals surface area contributed by atoms with E-state index < -0.39 is 4.92 Å². The first kappa shape index (κ1) is 12.1. The summed E-state index contributed by atoms with van der Waals surface area (Å²) in [7, 11) is 0. The molecular formula is C13H12N2O3. The van der Waals surface area contributed by atoms with Crippen molar-refractivity contribution in [2.24, 2.45) is 5.73 Å². The third kappa shape index (κ3) is 2.64. The molecule has 18 heavy (non-hydrogen) atoms. The Kier molecular flexibility index (Phi) is 3.54. The molecule has 0 bridgehead atoms. The number of nitrogens with zero attached hydrogens (tertiary/aromatic N) is 1. The van der Waals surface area contributed by atoms with Gasteiger partial charge in [-0.3, -0.25) is 10.1 Å². The predicted molar refractivity (Wildman–Crippen MR) is 67.5 cm³/mol. The standard InChI is InChI=1S/C13H12N2O3/c14-9-10-5-7-11(8-6-10)18-13-4-2-1-3-12(13)15(16)17/h1-8H,9,14H2. The van der Waals surface area contributed by atoms with Crippen LogP contribution in [0.15, 0.2) is 48.5 Å². The first-order valence-electron chi connectivity index (χ1n) is 5.41. The van der Waals surface area contributed by atoms with E-state index in [2.05, 4.69) is 0 Å². The van der Waals surface area contributed by atoms with Crippen LogP contribution in [0.1, 0.15) is 5.56 Å². The number of para-hydroxylation sites is 2. The highest BCUT2D eigenvalue weighted by Gasteiger charge is 2.14. The van der Waals surface area contributed by atoms with Gasteiger partial charge in [-0.15, -0.1) is 0 Å². The summed E-state index contributed by atoms with van der Waals surface area (Å²) in [5.74, 6) is 0.768. The van der Waals surface area contributed by atoms with E-state index in [4.69, 9.17) is 10.5 Å². The van der Waals surface area contributed by atoms with Crippen molar-refractivity contribution in [1.82, 2.24) is 0 Å². The fourth-order valence-electron chi connectivity index (χ4n) is 1.51. The maximum Gasteiger partial charge on any atom is 0.311 e. The number of benzene rings is 2. The van der Waals surface area contributed by atoms with Gasteiger partial charge in [0.05, 0.1) is 4.92 Å². The van der Waals surface area contributed by atoms with Gasteiger partial charge in [0.15, 0.2) is 0 Å².